The van der Waals surface area contributed by atoms with Crippen LogP contribution in [0.15, 0.2) is 30.5 Å². The Balaban J connectivity index is 1.79. The molecule has 1 aromatic carbocycles. The van der Waals surface area contributed by atoms with Gasteiger partial charge >= 0.3 is 0 Å². The van der Waals surface area contributed by atoms with Gasteiger partial charge < -0.3 is 26.8 Å². The van der Waals surface area contributed by atoms with Crippen LogP contribution >= 0.6 is 0 Å². The maximum absolute atomic E-state index is 14.2. The molecule has 2 aromatic heterocycles. The number of phenolic OH excluding ortho intramolecular Hbond substituents is 1. The number of anilines is 1. The molecule has 0 unspecified atom stereocenters. The summed E-state index contributed by atoms with van der Waals surface area (Å²) in [5.74, 6) is -2.74. The first-order valence-corrected chi connectivity index (χ1v) is 9.93. The second kappa shape index (κ2) is 9.10. The minimum absolute atomic E-state index is 0.0480. The number of aromatic nitrogens is 3. The molecule has 33 heavy (non-hydrogen) atoms. The largest absolute Gasteiger partial charge is 0.506 e. The molecule has 3 rings (SSSR count). The molecular weight excluding hydrogens is 433 g/mol. The van der Waals surface area contributed by atoms with Crippen molar-refractivity contribution in [2.75, 3.05) is 12.3 Å². The molecule has 0 saturated carbocycles. The first-order valence-electron chi connectivity index (χ1n) is 9.93. The van der Waals surface area contributed by atoms with E-state index in [1.54, 1.807) is 26.8 Å². The van der Waals surface area contributed by atoms with Crippen LogP contribution in [0.25, 0.3) is 5.65 Å². The second-order valence-corrected chi connectivity index (χ2v) is 8.31. The van der Waals surface area contributed by atoms with Crippen LogP contribution in [0.4, 0.5) is 10.1 Å². The number of carbonyl (C=O) groups excluding carboxylic acids is 3. The minimum Gasteiger partial charge on any atom is -0.506 e. The second-order valence-electron chi connectivity index (χ2n) is 8.31. The summed E-state index contributed by atoms with van der Waals surface area (Å²) < 4.78 is 15.1. The number of halogens is 1. The van der Waals surface area contributed by atoms with E-state index in [1.807, 2.05) is 0 Å². The average Bonchev–Trinajstić information content (AvgIpc) is 3.11. The number of nitrogens with one attached hydrogen (secondary N) is 3. The van der Waals surface area contributed by atoms with Crippen molar-refractivity contribution in [1.82, 2.24) is 30.5 Å². The lowest BCUT2D eigenvalue weighted by molar-refractivity contribution is -0.121. The van der Waals surface area contributed by atoms with Crippen LogP contribution in [0.3, 0.4) is 0 Å². The van der Waals surface area contributed by atoms with Crippen LogP contribution in [-0.4, -0.2) is 49.5 Å². The van der Waals surface area contributed by atoms with Gasteiger partial charge in [0.15, 0.2) is 11.5 Å². The van der Waals surface area contributed by atoms with Gasteiger partial charge in [-0.2, -0.15) is 5.10 Å². The molecule has 0 saturated heterocycles. The average molecular weight is 457 g/mol. The van der Waals surface area contributed by atoms with E-state index in [4.69, 9.17) is 5.73 Å². The lowest BCUT2D eigenvalue weighted by Gasteiger charge is -2.20. The summed E-state index contributed by atoms with van der Waals surface area (Å²) in [6.45, 7) is 5.11. The number of rotatable bonds is 6. The number of benzene rings is 1. The van der Waals surface area contributed by atoms with Crippen LogP contribution in [0.2, 0.25) is 0 Å². The molecule has 0 aliphatic carbocycles. The Morgan fingerprint density at radius 1 is 1.15 bits per heavy atom. The van der Waals surface area contributed by atoms with Crippen molar-refractivity contribution in [3.8, 4) is 5.75 Å². The van der Waals surface area contributed by atoms with E-state index in [0.29, 0.717) is 5.56 Å². The standard InChI is InChI=1S/C21H24FN7O4/c1-21(2,3)28-17(31)10-25-20(33)15-7-14(27-18-12(22)9-26-29(15)18)19(32)24-8-11-4-5-16(30)13(23)6-11/h4-7,9,30H,8,10,23H2,1-3H3,(H,24,32)(H,25,33)(H,28,31). The van der Waals surface area contributed by atoms with E-state index >= 15 is 0 Å². The molecular formula is C21H24FN7O4. The van der Waals surface area contributed by atoms with Crippen molar-refractivity contribution in [3.05, 3.63) is 53.2 Å². The normalized spacial score (nSPS) is 11.3. The molecule has 6 N–H and O–H groups in total. The first-order chi connectivity index (χ1) is 15.4. The van der Waals surface area contributed by atoms with Gasteiger partial charge in [0.2, 0.25) is 5.91 Å². The molecule has 3 aromatic rings. The van der Waals surface area contributed by atoms with E-state index in [0.717, 1.165) is 16.8 Å². The maximum atomic E-state index is 14.2. The molecule has 0 spiro atoms. The van der Waals surface area contributed by atoms with E-state index < -0.39 is 29.1 Å². The number of hydrogen-bond donors (Lipinski definition) is 5. The zero-order chi connectivity index (χ0) is 24.3. The van der Waals surface area contributed by atoms with Crippen LogP contribution in [-0.2, 0) is 11.3 Å². The molecule has 0 atom stereocenters. The van der Waals surface area contributed by atoms with E-state index in [-0.39, 0.29) is 41.6 Å². The Kier molecular flexibility index (Phi) is 6.47. The zero-order valence-corrected chi connectivity index (χ0v) is 18.3. The summed E-state index contributed by atoms with van der Waals surface area (Å²) in [6, 6.07) is 5.60. The number of amides is 3. The summed E-state index contributed by atoms with van der Waals surface area (Å²) in [4.78, 5) is 41.3. The SMILES string of the molecule is CC(C)(C)NC(=O)CNC(=O)c1cc(C(=O)NCc2ccc(O)c(N)c2)nc2c(F)cnn12. The highest BCUT2D eigenvalue weighted by atomic mass is 19.1. The molecule has 174 valence electrons. The van der Waals surface area contributed by atoms with Gasteiger partial charge in [-0.3, -0.25) is 14.4 Å². The Labute approximate surface area is 188 Å². The van der Waals surface area contributed by atoms with Crippen LogP contribution in [0.5, 0.6) is 5.75 Å². The Morgan fingerprint density at radius 3 is 2.55 bits per heavy atom. The van der Waals surface area contributed by atoms with E-state index in [9.17, 15) is 23.9 Å². The van der Waals surface area contributed by atoms with Crippen molar-refractivity contribution in [2.45, 2.75) is 32.9 Å². The van der Waals surface area contributed by atoms with E-state index in [2.05, 4.69) is 26.0 Å². The molecule has 0 aliphatic rings. The number of aromatic hydroxyl groups is 1. The van der Waals surface area contributed by atoms with Crippen molar-refractivity contribution in [1.29, 1.82) is 0 Å². The van der Waals surface area contributed by atoms with Crippen LogP contribution in [0.1, 0.15) is 47.3 Å². The minimum atomic E-state index is -0.824. The van der Waals surface area contributed by atoms with Gasteiger partial charge in [0.1, 0.15) is 17.1 Å². The lowest BCUT2D eigenvalue weighted by atomic mass is 10.1. The number of carbonyl (C=O) groups is 3. The smallest absolute Gasteiger partial charge is 0.270 e. The van der Waals surface area contributed by atoms with Gasteiger partial charge in [0.05, 0.1) is 18.4 Å². The van der Waals surface area contributed by atoms with Gasteiger partial charge in [0, 0.05) is 18.2 Å². The van der Waals surface area contributed by atoms with Gasteiger partial charge in [-0.15, -0.1) is 0 Å². The fourth-order valence-corrected chi connectivity index (χ4v) is 2.91. The number of phenols is 1. The first kappa shape index (κ1) is 23.4. The van der Waals surface area contributed by atoms with Crippen molar-refractivity contribution in [2.24, 2.45) is 0 Å². The third kappa shape index (κ3) is 5.73. The van der Waals surface area contributed by atoms with Crippen molar-refractivity contribution in [3.63, 3.8) is 0 Å². The quantitative estimate of drug-likeness (QED) is 0.269. The van der Waals surface area contributed by atoms with Crippen LogP contribution in [0, 0.1) is 5.82 Å². The zero-order valence-electron chi connectivity index (χ0n) is 18.3. The summed E-state index contributed by atoms with van der Waals surface area (Å²) in [7, 11) is 0. The Bertz CT molecular complexity index is 1230. The highest BCUT2D eigenvalue weighted by molar-refractivity contribution is 5.99. The van der Waals surface area contributed by atoms with Gasteiger partial charge in [0.25, 0.3) is 11.8 Å². The summed E-state index contributed by atoms with van der Waals surface area (Å²) in [6.07, 6.45) is 0.867. The number of nitrogens with two attached hydrogens (primary N) is 1. The molecule has 3 amide bonds. The Hall–Kier alpha value is -4.22. The molecule has 12 heteroatoms. The summed E-state index contributed by atoms with van der Waals surface area (Å²) in [5.41, 5.74) is 5.20. The number of nitrogen functional groups attached to an aromatic ring is 1. The Morgan fingerprint density at radius 2 is 1.88 bits per heavy atom. The highest BCUT2D eigenvalue weighted by Crippen LogP contribution is 2.20. The molecule has 0 radical (unpaired) electrons. The fraction of sp³-hybridized carbons (Fsp3) is 0.286. The fourth-order valence-electron chi connectivity index (χ4n) is 2.91. The number of hydrogen-bond acceptors (Lipinski definition) is 7. The third-order valence-corrected chi connectivity index (χ3v) is 4.36. The molecule has 0 aliphatic heterocycles. The highest BCUT2D eigenvalue weighted by Gasteiger charge is 2.21. The molecule has 11 nitrogen and oxygen atoms in total. The lowest BCUT2D eigenvalue weighted by Crippen LogP contribution is -2.46. The molecule has 0 fully saturated rings. The van der Waals surface area contributed by atoms with Gasteiger partial charge in [-0.1, -0.05) is 6.07 Å². The number of fused-ring (bicyclic) bond motifs is 1. The maximum Gasteiger partial charge on any atom is 0.270 e. The van der Waals surface area contributed by atoms with Crippen molar-refractivity contribution >= 4 is 29.1 Å². The van der Waals surface area contributed by atoms with Gasteiger partial charge in [-0.25, -0.2) is 13.9 Å². The predicted octanol–water partition coefficient (Wildman–Crippen LogP) is 0.731. The van der Waals surface area contributed by atoms with E-state index in [1.165, 1.54) is 12.1 Å². The molecule has 2 heterocycles. The van der Waals surface area contributed by atoms with Crippen molar-refractivity contribution < 1.29 is 23.9 Å². The monoisotopic (exact) mass is 457 g/mol. The topological polar surface area (TPSA) is 164 Å². The summed E-state index contributed by atoms with van der Waals surface area (Å²) >= 11 is 0. The molecule has 0 bridgehead atoms. The van der Waals surface area contributed by atoms with Crippen LogP contribution < -0.4 is 21.7 Å². The summed E-state index contributed by atoms with van der Waals surface area (Å²) in [5, 5.41) is 21.0. The number of nitrogens with zero attached hydrogens (tertiary/aromatic N) is 3. The predicted molar refractivity (Wildman–Crippen MR) is 117 cm³/mol. The van der Waals surface area contributed by atoms with Gasteiger partial charge in [-0.05, 0) is 38.5 Å². The third-order valence-electron chi connectivity index (χ3n) is 4.36.